The molecule has 0 aliphatic heterocycles. The van der Waals surface area contributed by atoms with Crippen LogP contribution in [0, 0.1) is 5.92 Å². The first-order chi connectivity index (χ1) is 9.51. The van der Waals surface area contributed by atoms with Gasteiger partial charge in [0.2, 0.25) is 10.0 Å². The van der Waals surface area contributed by atoms with Crippen LogP contribution in [0.5, 0.6) is 5.75 Å². The first-order valence-electron chi connectivity index (χ1n) is 6.30. The quantitative estimate of drug-likeness (QED) is 0.757. The van der Waals surface area contributed by atoms with Gasteiger partial charge in [0.1, 0.15) is 12.3 Å². The van der Waals surface area contributed by atoms with Crippen LogP contribution in [0.25, 0.3) is 0 Å². The van der Waals surface area contributed by atoms with Crippen molar-refractivity contribution in [2.45, 2.75) is 17.7 Å². The molecular formula is C13H17NO5S. The van der Waals surface area contributed by atoms with Crippen LogP contribution in [0.3, 0.4) is 0 Å². The maximum Gasteiger partial charge on any atom is 0.320 e. The summed E-state index contributed by atoms with van der Waals surface area (Å²) >= 11 is 0. The summed E-state index contributed by atoms with van der Waals surface area (Å²) in [5.41, 5.74) is 0. The van der Waals surface area contributed by atoms with E-state index in [1.165, 1.54) is 32.1 Å². The zero-order valence-electron chi connectivity index (χ0n) is 11.2. The van der Waals surface area contributed by atoms with Gasteiger partial charge in [-0.1, -0.05) is 0 Å². The van der Waals surface area contributed by atoms with Gasteiger partial charge < -0.3 is 9.47 Å². The van der Waals surface area contributed by atoms with Crippen molar-refractivity contribution in [2.24, 2.45) is 5.92 Å². The fourth-order valence-electron chi connectivity index (χ4n) is 1.52. The average Bonchev–Trinajstić information content (AvgIpc) is 3.27. The molecule has 110 valence electrons. The number of hydrogen-bond acceptors (Lipinski definition) is 5. The van der Waals surface area contributed by atoms with Crippen molar-refractivity contribution in [3.63, 3.8) is 0 Å². The number of esters is 1. The zero-order chi connectivity index (χ0) is 14.6. The van der Waals surface area contributed by atoms with Gasteiger partial charge in [0.05, 0.1) is 18.6 Å². The molecule has 0 atom stereocenters. The fraction of sp³-hybridized carbons (Fsp3) is 0.462. The van der Waals surface area contributed by atoms with E-state index in [9.17, 15) is 13.2 Å². The van der Waals surface area contributed by atoms with Gasteiger partial charge in [0.15, 0.2) is 0 Å². The highest BCUT2D eigenvalue weighted by Gasteiger charge is 2.22. The van der Waals surface area contributed by atoms with Crippen molar-refractivity contribution in [3.8, 4) is 5.75 Å². The van der Waals surface area contributed by atoms with E-state index in [1.807, 2.05) is 0 Å². The van der Waals surface area contributed by atoms with Crippen LogP contribution in [0.15, 0.2) is 29.2 Å². The molecule has 0 spiro atoms. The second kappa shape index (κ2) is 6.23. The predicted molar refractivity (Wildman–Crippen MR) is 71.9 cm³/mol. The van der Waals surface area contributed by atoms with Crippen LogP contribution >= 0.6 is 0 Å². The Kier molecular flexibility index (Phi) is 4.61. The number of ether oxygens (including phenoxy) is 2. The maximum absolute atomic E-state index is 11.9. The maximum atomic E-state index is 11.9. The Hall–Kier alpha value is -1.60. The van der Waals surface area contributed by atoms with Crippen LogP contribution in [0.4, 0.5) is 0 Å². The summed E-state index contributed by atoms with van der Waals surface area (Å²) in [7, 11) is -2.51. The number of benzene rings is 1. The predicted octanol–water partition coefficient (Wildman–Crippen LogP) is 0.927. The largest absolute Gasteiger partial charge is 0.493 e. The van der Waals surface area contributed by atoms with Gasteiger partial charge in [-0.15, -0.1) is 0 Å². The zero-order valence-corrected chi connectivity index (χ0v) is 12.0. The summed E-state index contributed by atoms with van der Waals surface area (Å²) in [6.07, 6.45) is 2.40. The van der Waals surface area contributed by atoms with Crippen molar-refractivity contribution >= 4 is 16.0 Å². The second-order valence-corrected chi connectivity index (χ2v) is 6.39. The third kappa shape index (κ3) is 4.21. The normalized spacial score (nSPS) is 14.8. The molecule has 0 radical (unpaired) electrons. The molecule has 0 aromatic heterocycles. The lowest BCUT2D eigenvalue weighted by Crippen LogP contribution is -2.30. The number of carbonyl (C=O) groups excluding carboxylic acids is 1. The number of nitrogens with one attached hydrogen (secondary N) is 1. The third-order valence-electron chi connectivity index (χ3n) is 2.95. The Morgan fingerprint density at radius 2 is 1.95 bits per heavy atom. The van der Waals surface area contributed by atoms with Crippen molar-refractivity contribution in [1.82, 2.24) is 4.72 Å². The van der Waals surface area contributed by atoms with E-state index in [1.54, 1.807) is 12.1 Å². The molecule has 2 rings (SSSR count). The fourth-order valence-corrected chi connectivity index (χ4v) is 2.49. The molecule has 1 N–H and O–H groups in total. The minimum Gasteiger partial charge on any atom is -0.493 e. The minimum atomic E-state index is -3.71. The molecule has 1 saturated carbocycles. The van der Waals surface area contributed by atoms with Gasteiger partial charge in [-0.05, 0) is 43.0 Å². The molecule has 1 fully saturated rings. The number of rotatable bonds is 7. The Bertz CT molecular complexity index is 563. The molecule has 7 heteroatoms. The summed E-state index contributed by atoms with van der Waals surface area (Å²) < 4.78 is 35.8. The average molecular weight is 299 g/mol. The standard InChI is InChI=1S/C13H17NO5S/c1-18-13(15)8-14-20(16,17)12-6-4-11(5-7-12)19-9-10-2-3-10/h4-7,10,14H,2-3,8-9H2,1H3. The summed E-state index contributed by atoms with van der Waals surface area (Å²) in [6, 6.07) is 6.11. The molecule has 0 unspecified atom stereocenters. The van der Waals surface area contributed by atoms with Crippen molar-refractivity contribution in [1.29, 1.82) is 0 Å². The van der Waals surface area contributed by atoms with Gasteiger partial charge in [0.25, 0.3) is 0 Å². The SMILES string of the molecule is COC(=O)CNS(=O)(=O)c1ccc(OCC2CC2)cc1. The second-order valence-electron chi connectivity index (χ2n) is 4.63. The van der Waals surface area contributed by atoms with Crippen LogP contribution < -0.4 is 9.46 Å². The van der Waals surface area contributed by atoms with Crippen LogP contribution in [0.2, 0.25) is 0 Å². The summed E-state index contributed by atoms with van der Waals surface area (Å²) in [5.74, 6) is 0.641. The van der Waals surface area contributed by atoms with E-state index in [-0.39, 0.29) is 4.90 Å². The van der Waals surface area contributed by atoms with E-state index in [2.05, 4.69) is 9.46 Å². The molecule has 1 aliphatic rings. The number of sulfonamides is 1. The van der Waals surface area contributed by atoms with Gasteiger partial charge >= 0.3 is 5.97 Å². The van der Waals surface area contributed by atoms with Crippen LogP contribution in [-0.2, 0) is 19.6 Å². The van der Waals surface area contributed by atoms with Gasteiger partial charge in [-0.3, -0.25) is 4.79 Å². The Morgan fingerprint density at radius 3 is 2.50 bits per heavy atom. The smallest absolute Gasteiger partial charge is 0.320 e. The minimum absolute atomic E-state index is 0.0835. The van der Waals surface area contributed by atoms with E-state index in [0.29, 0.717) is 18.3 Å². The number of carbonyl (C=O) groups is 1. The summed E-state index contributed by atoms with van der Waals surface area (Å²) in [6.45, 7) is 0.283. The third-order valence-corrected chi connectivity index (χ3v) is 4.37. The monoisotopic (exact) mass is 299 g/mol. The molecule has 20 heavy (non-hydrogen) atoms. The van der Waals surface area contributed by atoms with E-state index < -0.39 is 22.5 Å². The van der Waals surface area contributed by atoms with E-state index in [0.717, 1.165) is 0 Å². The highest BCUT2D eigenvalue weighted by molar-refractivity contribution is 7.89. The first-order valence-corrected chi connectivity index (χ1v) is 7.79. The Morgan fingerprint density at radius 1 is 1.30 bits per heavy atom. The molecule has 6 nitrogen and oxygen atoms in total. The topological polar surface area (TPSA) is 81.7 Å². The van der Waals surface area contributed by atoms with Crippen molar-refractivity contribution < 1.29 is 22.7 Å². The van der Waals surface area contributed by atoms with Gasteiger partial charge in [-0.2, -0.15) is 4.72 Å². The molecule has 0 bridgehead atoms. The lowest BCUT2D eigenvalue weighted by atomic mass is 10.3. The van der Waals surface area contributed by atoms with Crippen LogP contribution in [0.1, 0.15) is 12.8 Å². The van der Waals surface area contributed by atoms with Crippen molar-refractivity contribution in [3.05, 3.63) is 24.3 Å². The summed E-state index contributed by atoms with van der Waals surface area (Å²) in [5, 5.41) is 0. The van der Waals surface area contributed by atoms with Crippen molar-refractivity contribution in [2.75, 3.05) is 20.3 Å². The van der Waals surface area contributed by atoms with Gasteiger partial charge in [-0.25, -0.2) is 8.42 Å². The Labute approximate surface area is 118 Å². The van der Waals surface area contributed by atoms with Gasteiger partial charge in [0, 0.05) is 0 Å². The van der Waals surface area contributed by atoms with E-state index in [4.69, 9.17) is 4.74 Å². The highest BCUT2D eigenvalue weighted by Crippen LogP contribution is 2.29. The molecule has 0 amide bonds. The Balaban J connectivity index is 1.94. The molecule has 1 aromatic carbocycles. The molecule has 0 saturated heterocycles. The van der Waals surface area contributed by atoms with Crippen LogP contribution in [-0.4, -0.2) is 34.6 Å². The molecular weight excluding hydrogens is 282 g/mol. The highest BCUT2D eigenvalue weighted by atomic mass is 32.2. The number of methoxy groups -OCH3 is 1. The number of hydrogen-bond donors (Lipinski definition) is 1. The van der Waals surface area contributed by atoms with E-state index >= 15 is 0 Å². The summed E-state index contributed by atoms with van der Waals surface area (Å²) in [4.78, 5) is 11.0. The lowest BCUT2D eigenvalue weighted by molar-refractivity contribution is -0.139. The lowest BCUT2D eigenvalue weighted by Gasteiger charge is -2.08. The molecule has 1 aliphatic carbocycles. The molecule has 1 aromatic rings. The molecule has 0 heterocycles. The first kappa shape index (κ1) is 14.8.